The van der Waals surface area contributed by atoms with Crippen LogP contribution in [0.2, 0.25) is 5.02 Å². The van der Waals surface area contributed by atoms with E-state index in [9.17, 15) is 19.2 Å². The molecule has 0 radical (unpaired) electrons. The molecule has 2 aromatic carbocycles. The Morgan fingerprint density at radius 2 is 1.74 bits per heavy atom. The van der Waals surface area contributed by atoms with Crippen molar-refractivity contribution in [2.24, 2.45) is 14.1 Å². The number of hydrogen-bond donors (Lipinski definition) is 3. The quantitative estimate of drug-likeness (QED) is 0.141. The third kappa shape index (κ3) is 7.56. The molecule has 3 aromatic heterocycles. The smallest absolute Gasteiger partial charge is 0.328 e. The predicted octanol–water partition coefficient (Wildman–Crippen LogP) is 4.75. The zero-order valence-electron chi connectivity index (χ0n) is 30.4. The van der Waals surface area contributed by atoms with E-state index in [0.717, 1.165) is 48.0 Å². The van der Waals surface area contributed by atoms with Crippen LogP contribution in [0.25, 0.3) is 21.9 Å². The van der Waals surface area contributed by atoms with Crippen molar-refractivity contribution in [3.63, 3.8) is 0 Å². The van der Waals surface area contributed by atoms with Gasteiger partial charge in [-0.25, -0.2) is 9.78 Å². The summed E-state index contributed by atoms with van der Waals surface area (Å²) in [5.41, 5.74) is 3.82. The molecule has 0 aliphatic carbocycles. The number of aryl methyl sites for hydroxylation is 3. The van der Waals surface area contributed by atoms with Crippen LogP contribution in [0.4, 0.5) is 23.1 Å². The molecular weight excluding hydrogens is 700 g/mol. The first-order valence-electron chi connectivity index (χ1n) is 17.8. The van der Waals surface area contributed by atoms with Gasteiger partial charge < -0.3 is 20.3 Å². The van der Waals surface area contributed by atoms with Gasteiger partial charge in [0, 0.05) is 63.0 Å². The molecule has 2 amide bonds. The van der Waals surface area contributed by atoms with E-state index >= 15 is 0 Å². The molecule has 2 saturated heterocycles. The summed E-state index contributed by atoms with van der Waals surface area (Å²) < 4.78 is 10.4. The van der Waals surface area contributed by atoms with Gasteiger partial charge in [0.2, 0.25) is 17.8 Å². The Kier molecular flexibility index (Phi) is 9.62. The van der Waals surface area contributed by atoms with Crippen molar-refractivity contribution in [2.45, 2.75) is 77.0 Å². The minimum absolute atomic E-state index is 0.0637. The van der Waals surface area contributed by atoms with Crippen molar-refractivity contribution in [3.05, 3.63) is 63.8 Å². The van der Waals surface area contributed by atoms with Gasteiger partial charge in [-0.3, -0.25) is 33.5 Å². The Bertz CT molecular complexity index is 2300. The second kappa shape index (κ2) is 14.2. The van der Waals surface area contributed by atoms with Crippen LogP contribution in [0.1, 0.15) is 64.5 Å². The molecule has 53 heavy (non-hydrogen) atoms. The maximum absolute atomic E-state index is 13.1. The molecule has 16 heteroatoms. The molecule has 0 bridgehead atoms. The van der Waals surface area contributed by atoms with Gasteiger partial charge >= 0.3 is 11.7 Å². The van der Waals surface area contributed by atoms with E-state index in [2.05, 4.69) is 37.0 Å². The van der Waals surface area contributed by atoms with Crippen molar-refractivity contribution in [2.75, 3.05) is 28.6 Å². The predicted molar refractivity (Wildman–Crippen MR) is 203 cm³/mol. The van der Waals surface area contributed by atoms with E-state index in [-0.39, 0.29) is 42.5 Å². The van der Waals surface area contributed by atoms with E-state index in [4.69, 9.17) is 21.3 Å². The number of imidazole rings is 1. The molecule has 0 spiro atoms. The largest absolute Gasteiger partial charge is 0.460 e. The Balaban J connectivity index is 1.00. The molecule has 5 heterocycles. The first-order chi connectivity index (χ1) is 25.2. The minimum atomic E-state index is -0.606. The fourth-order valence-corrected chi connectivity index (χ4v) is 7.22. The number of nitrogens with one attached hydrogen (secondary N) is 3. The van der Waals surface area contributed by atoms with E-state index in [0.29, 0.717) is 46.5 Å². The number of anilines is 4. The summed E-state index contributed by atoms with van der Waals surface area (Å²) in [6.07, 6.45) is 4.11. The number of rotatable bonds is 9. The topological polar surface area (TPSA) is 170 Å². The first kappa shape index (κ1) is 35.9. The SMILES string of the molecule is Cn1nc(C2CCC(=O)NC2=O)c2ccc(NC3CCN(c4ncc(Cl)c(Nc5ccc6c(c5)n(CCC(=O)OC(C)(C)C)c(=O)n6C)n4)CC3)cc21. The highest BCUT2D eigenvalue weighted by atomic mass is 35.5. The average molecular weight is 743 g/mol. The van der Waals surface area contributed by atoms with Crippen molar-refractivity contribution in [1.29, 1.82) is 0 Å². The lowest BCUT2D eigenvalue weighted by Crippen LogP contribution is -2.40. The van der Waals surface area contributed by atoms with Gasteiger partial charge in [-0.2, -0.15) is 10.1 Å². The van der Waals surface area contributed by atoms with Crippen molar-refractivity contribution in [3.8, 4) is 0 Å². The lowest BCUT2D eigenvalue weighted by molar-refractivity contribution is -0.155. The molecule has 2 aliphatic heterocycles. The Morgan fingerprint density at radius 3 is 2.47 bits per heavy atom. The number of aromatic nitrogens is 6. The Morgan fingerprint density at radius 1 is 1.00 bits per heavy atom. The first-order valence-corrected chi connectivity index (χ1v) is 18.1. The Labute approximate surface area is 310 Å². The van der Waals surface area contributed by atoms with Crippen molar-refractivity contribution in [1.82, 2.24) is 34.2 Å². The number of carbonyl (C=O) groups excluding carboxylic acids is 3. The maximum atomic E-state index is 13.1. The average Bonchev–Trinajstić information content (AvgIpc) is 3.55. The van der Waals surface area contributed by atoms with Crippen LogP contribution in [0.3, 0.4) is 0 Å². The highest BCUT2D eigenvalue weighted by Crippen LogP contribution is 2.33. The molecule has 0 saturated carbocycles. The molecule has 7 rings (SSSR count). The molecular formula is C37H43ClN10O5. The van der Waals surface area contributed by atoms with Gasteiger partial charge in [0.05, 0.1) is 40.8 Å². The number of ether oxygens (including phenoxy) is 1. The highest BCUT2D eigenvalue weighted by molar-refractivity contribution is 6.33. The summed E-state index contributed by atoms with van der Waals surface area (Å²) in [5.74, 6) is -0.354. The van der Waals surface area contributed by atoms with Gasteiger partial charge in [0.1, 0.15) is 10.6 Å². The normalized spacial score (nSPS) is 17.0. The number of amides is 2. The molecule has 2 fully saturated rings. The maximum Gasteiger partial charge on any atom is 0.328 e. The van der Waals surface area contributed by atoms with Crippen LogP contribution >= 0.6 is 11.6 Å². The van der Waals surface area contributed by atoms with Crippen LogP contribution in [0.5, 0.6) is 0 Å². The third-order valence-corrected chi connectivity index (χ3v) is 9.97. The molecule has 5 aromatic rings. The molecule has 1 unspecified atom stereocenters. The molecule has 278 valence electrons. The summed E-state index contributed by atoms with van der Waals surface area (Å²) in [4.78, 5) is 61.1. The monoisotopic (exact) mass is 742 g/mol. The van der Waals surface area contributed by atoms with Gasteiger partial charge in [0.25, 0.3) is 0 Å². The van der Waals surface area contributed by atoms with Crippen molar-refractivity contribution >= 4 is 74.5 Å². The second-order valence-electron chi connectivity index (χ2n) is 14.7. The number of fused-ring (bicyclic) bond motifs is 2. The second-order valence-corrected chi connectivity index (χ2v) is 15.1. The van der Waals surface area contributed by atoms with E-state index in [1.807, 2.05) is 58.2 Å². The fourth-order valence-electron chi connectivity index (χ4n) is 7.08. The van der Waals surface area contributed by atoms with Crippen LogP contribution in [-0.4, -0.2) is 71.4 Å². The van der Waals surface area contributed by atoms with E-state index < -0.39 is 11.5 Å². The number of hydrogen-bond acceptors (Lipinski definition) is 11. The molecule has 1 atom stereocenters. The molecule has 2 aliphatic rings. The zero-order chi connectivity index (χ0) is 37.6. The van der Waals surface area contributed by atoms with Gasteiger partial charge in [-0.1, -0.05) is 11.6 Å². The van der Waals surface area contributed by atoms with Crippen LogP contribution in [0, 0.1) is 0 Å². The minimum Gasteiger partial charge on any atom is -0.460 e. The summed E-state index contributed by atoms with van der Waals surface area (Å²) in [5, 5.41) is 15.3. The Hall–Kier alpha value is -5.44. The fraction of sp³-hybridized carbons (Fsp3) is 0.432. The molecule has 3 N–H and O–H groups in total. The van der Waals surface area contributed by atoms with Gasteiger partial charge in [-0.15, -0.1) is 0 Å². The lowest BCUT2D eigenvalue weighted by Gasteiger charge is -2.33. The number of carbonyl (C=O) groups is 3. The van der Waals surface area contributed by atoms with Crippen LogP contribution in [0.15, 0.2) is 47.4 Å². The van der Waals surface area contributed by atoms with Gasteiger partial charge in [0.15, 0.2) is 5.82 Å². The highest BCUT2D eigenvalue weighted by Gasteiger charge is 2.32. The number of esters is 1. The van der Waals surface area contributed by atoms with Gasteiger partial charge in [-0.05, 0) is 76.4 Å². The lowest BCUT2D eigenvalue weighted by atomic mass is 9.93. The number of imide groups is 1. The van der Waals surface area contributed by atoms with E-state index in [1.165, 1.54) is 0 Å². The zero-order valence-corrected chi connectivity index (χ0v) is 31.2. The number of nitrogens with zero attached hydrogens (tertiary/aromatic N) is 7. The number of piperidine rings is 2. The van der Waals surface area contributed by atoms with Crippen LogP contribution in [-0.2, 0) is 39.8 Å². The number of halogens is 1. The summed E-state index contributed by atoms with van der Waals surface area (Å²) in [6, 6.07) is 11.8. The van der Waals surface area contributed by atoms with Crippen LogP contribution < -0.4 is 26.5 Å². The van der Waals surface area contributed by atoms with E-state index in [1.54, 1.807) is 27.1 Å². The van der Waals surface area contributed by atoms with Crippen molar-refractivity contribution < 1.29 is 19.1 Å². The molecule has 15 nitrogen and oxygen atoms in total. The third-order valence-electron chi connectivity index (χ3n) is 9.70. The summed E-state index contributed by atoms with van der Waals surface area (Å²) in [7, 11) is 3.57. The number of benzene rings is 2. The summed E-state index contributed by atoms with van der Waals surface area (Å²) in [6.45, 7) is 7.07. The standard InChI is InChI=1S/C37H43ClN10O5/c1-37(2,3)53-31(50)14-17-48-29-19-23(7-10-27(29)45(4)36(48)52)41-33-26(38)20-39-35(43-33)47-15-12-21(13-16-47)40-22-6-8-24-28(18-22)46(5)44-32(24)25-9-11-30(49)42-34(25)51/h6-8,10,18-21,25,40H,9,11-17H2,1-5H3,(H,39,41,43)(H,42,49,51). The summed E-state index contributed by atoms with van der Waals surface area (Å²) >= 11 is 6.56.